The van der Waals surface area contributed by atoms with Crippen molar-refractivity contribution >= 4 is 23.7 Å². The molecule has 0 aliphatic carbocycles. The first-order valence-electron chi connectivity index (χ1n) is 8.47. The number of amides is 1. The number of aryl methyl sites for hydroxylation is 1. The van der Waals surface area contributed by atoms with Crippen molar-refractivity contribution in [2.75, 3.05) is 0 Å². The Bertz CT molecular complexity index is 935. The minimum absolute atomic E-state index is 0.238. The minimum Gasteiger partial charge on any atom is -0.489 e. The topological polar surface area (TPSA) is 50.7 Å². The summed E-state index contributed by atoms with van der Waals surface area (Å²) in [6, 6.07) is 22.4. The van der Waals surface area contributed by atoms with Gasteiger partial charge in [-0.1, -0.05) is 41.4 Å². The van der Waals surface area contributed by atoms with E-state index >= 15 is 0 Å². The molecule has 0 aliphatic rings. The predicted octanol–water partition coefficient (Wildman–Crippen LogP) is 4.99. The van der Waals surface area contributed by atoms with Crippen molar-refractivity contribution in [2.24, 2.45) is 5.10 Å². The maximum absolute atomic E-state index is 12.0. The van der Waals surface area contributed by atoms with E-state index in [0.717, 1.165) is 22.4 Å². The number of ether oxygens (including phenoxy) is 1. The van der Waals surface area contributed by atoms with Crippen LogP contribution in [-0.2, 0) is 6.61 Å². The molecule has 136 valence electrons. The van der Waals surface area contributed by atoms with E-state index in [2.05, 4.69) is 10.5 Å². The van der Waals surface area contributed by atoms with Crippen LogP contribution in [0, 0.1) is 6.92 Å². The van der Waals surface area contributed by atoms with Crippen LogP contribution in [0.25, 0.3) is 0 Å². The highest BCUT2D eigenvalue weighted by molar-refractivity contribution is 6.30. The van der Waals surface area contributed by atoms with Crippen molar-refractivity contribution in [2.45, 2.75) is 13.5 Å². The number of nitrogens with one attached hydrogen (secondary N) is 1. The molecule has 0 saturated carbocycles. The summed E-state index contributed by atoms with van der Waals surface area (Å²) in [5.41, 5.74) is 6.04. The molecule has 0 aromatic heterocycles. The van der Waals surface area contributed by atoms with Gasteiger partial charge in [0.1, 0.15) is 12.4 Å². The van der Waals surface area contributed by atoms with Crippen molar-refractivity contribution < 1.29 is 9.53 Å². The molecule has 1 N–H and O–H groups in total. The third-order valence-electron chi connectivity index (χ3n) is 3.86. The third-order valence-corrected chi connectivity index (χ3v) is 4.11. The van der Waals surface area contributed by atoms with E-state index in [4.69, 9.17) is 16.3 Å². The Morgan fingerprint density at radius 2 is 1.81 bits per heavy atom. The van der Waals surface area contributed by atoms with E-state index in [1.807, 2.05) is 73.7 Å². The zero-order chi connectivity index (χ0) is 19.1. The quantitative estimate of drug-likeness (QED) is 0.485. The second-order valence-electron chi connectivity index (χ2n) is 6.05. The predicted molar refractivity (Wildman–Crippen MR) is 108 cm³/mol. The van der Waals surface area contributed by atoms with Gasteiger partial charge >= 0.3 is 0 Å². The van der Waals surface area contributed by atoms with Gasteiger partial charge in [-0.05, 0) is 66.6 Å². The van der Waals surface area contributed by atoms with Gasteiger partial charge in [-0.15, -0.1) is 0 Å². The molecule has 3 aromatic carbocycles. The van der Waals surface area contributed by atoms with Crippen LogP contribution in [-0.4, -0.2) is 12.1 Å². The van der Waals surface area contributed by atoms with Crippen LogP contribution in [0.15, 0.2) is 77.9 Å². The molecule has 4 nitrogen and oxygen atoms in total. The first-order valence-corrected chi connectivity index (χ1v) is 8.85. The lowest BCUT2D eigenvalue weighted by molar-refractivity contribution is 0.0955. The van der Waals surface area contributed by atoms with Gasteiger partial charge in [-0.3, -0.25) is 4.79 Å². The first-order chi connectivity index (χ1) is 13.1. The molecule has 27 heavy (non-hydrogen) atoms. The molecular formula is C22H19ClN2O2. The summed E-state index contributed by atoms with van der Waals surface area (Å²) in [6.07, 6.45) is 1.59. The van der Waals surface area contributed by atoms with Gasteiger partial charge in [0.25, 0.3) is 5.91 Å². The van der Waals surface area contributed by atoms with Gasteiger partial charge in [-0.2, -0.15) is 5.10 Å². The zero-order valence-corrected chi connectivity index (χ0v) is 15.6. The molecule has 0 bridgehead atoms. The molecule has 0 saturated heterocycles. The van der Waals surface area contributed by atoms with E-state index in [9.17, 15) is 4.79 Å². The van der Waals surface area contributed by atoms with Crippen molar-refractivity contribution in [1.29, 1.82) is 0 Å². The molecule has 0 aliphatic heterocycles. The SMILES string of the molecule is Cc1cccc(C(=O)NN=Cc2ccc(OCc3ccc(Cl)cc3)cc2)c1. The first kappa shape index (κ1) is 18.7. The molecule has 3 aromatic rings. The number of benzene rings is 3. The van der Waals surface area contributed by atoms with Gasteiger partial charge < -0.3 is 4.74 Å². The molecule has 0 unspecified atom stereocenters. The van der Waals surface area contributed by atoms with E-state index in [1.165, 1.54) is 0 Å². The summed E-state index contributed by atoms with van der Waals surface area (Å²) < 4.78 is 5.74. The van der Waals surface area contributed by atoms with Crippen molar-refractivity contribution in [1.82, 2.24) is 5.43 Å². The summed E-state index contributed by atoms with van der Waals surface area (Å²) in [7, 11) is 0. The number of nitrogens with zero attached hydrogens (tertiary/aromatic N) is 1. The van der Waals surface area contributed by atoms with Crippen LogP contribution >= 0.6 is 11.6 Å². The van der Waals surface area contributed by atoms with Gasteiger partial charge in [-0.25, -0.2) is 5.43 Å². The molecule has 0 heterocycles. The fraction of sp³-hybridized carbons (Fsp3) is 0.0909. The lowest BCUT2D eigenvalue weighted by Gasteiger charge is -2.06. The smallest absolute Gasteiger partial charge is 0.271 e. The summed E-state index contributed by atoms with van der Waals surface area (Å²) >= 11 is 5.87. The van der Waals surface area contributed by atoms with Crippen LogP contribution in [0.2, 0.25) is 5.02 Å². The zero-order valence-electron chi connectivity index (χ0n) is 14.9. The fourth-order valence-electron chi connectivity index (χ4n) is 2.41. The summed E-state index contributed by atoms with van der Waals surface area (Å²) in [4.78, 5) is 12.0. The monoisotopic (exact) mass is 378 g/mol. The van der Waals surface area contributed by atoms with E-state index in [0.29, 0.717) is 17.2 Å². The van der Waals surface area contributed by atoms with E-state index in [1.54, 1.807) is 12.3 Å². The molecular weight excluding hydrogens is 360 g/mol. The molecule has 5 heteroatoms. The molecule has 0 radical (unpaired) electrons. The Kier molecular flexibility index (Phi) is 6.23. The maximum Gasteiger partial charge on any atom is 0.271 e. The maximum atomic E-state index is 12.0. The summed E-state index contributed by atoms with van der Waals surface area (Å²) in [5.74, 6) is 0.517. The fourth-order valence-corrected chi connectivity index (χ4v) is 2.54. The highest BCUT2D eigenvalue weighted by Gasteiger charge is 2.03. The highest BCUT2D eigenvalue weighted by atomic mass is 35.5. The van der Waals surface area contributed by atoms with Crippen LogP contribution in [0.5, 0.6) is 5.75 Å². The Hall–Kier alpha value is -3.11. The van der Waals surface area contributed by atoms with Crippen molar-refractivity contribution in [3.05, 3.63) is 100 Å². The Morgan fingerprint density at radius 1 is 1.07 bits per heavy atom. The summed E-state index contributed by atoms with van der Waals surface area (Å²) in [5, 5.41) is 4.71. The molecule has 0 fully saturated rings. The van der Waals surface area contributed by atoms with Gasteiger partial charge in [0.05, 0.1) is 6.21 Å². The van der Waals surface area contributed by atoms with Crippen molar-refractivity contribution in [3.8, 4) is 5.75 Å². The van der Waals surface area contributed by atoms with Crippen LogP contribution in [0.1, 0.15) is 27.0 Å². The number of carbonyl (C=O) groups is 1. The highest BCUT2D eigenvalue weighted by Crippen LogP contribution is 2.15. The van der Waals surface area contributed by atoms with Crippen molar-refractivity contribution in [3.63, 3.8) is 0 Å². The number of rotatable bonds is 6. The van der Waals surface area contributed by atoms with E-state index < -0.39 is 0 Å². The Balaban J connectivity index is 1.51. The molecule has 1 amide bonds. The van der Waals surface area contributed by atoms with Gasteiger partial charge in [0.15, 0.2) is 0 Å². The Morgan fingerprint density at radius 3 is 2.52 bits per heavy atom. The lowest BCUT2D eigenvalue weighted by atomic mass is 10.1. The summed E-state index contributed by atoms with van der Waals surface area (Å²) in [6.45, 7) is 2.41. The average molecular weight is 379 g/mol. The van der Waals surface area contributed by atoms with E-state index in [-0.39, 0.29) is 5.91 Å². The van der Waals surface area contributed by atoms with Crippen LogP contribution < -0.4 is 10.2 Å². The largest absolute Gasteiger partial charge is 0.489 e. The number of hydrogen-bond donors (Lipinski definition) is 1. The number of carbonyl (C=O) groups excluding carboxylic acids is 1. The number of halogens is 1. The second-order valence-corrected chi connectivity index (χ2v) is 6.49. The molecule has 0 atom stereocenters. The normalized spacial score (nSPS) is 10.7. The molecule has 3 rings (SSSR count). The van der Waals surface area contributed by atoms with Gasteiger partial charge in [0.2, 0.25) is 0 Å². The van der Waals surface area contributed by atoms with Gasteiger partial charge in [0, 0.05) is 10.6 Å². The van der Waals surface area contributed by atoms with Crippen LogP contribution in [0.4, 0.5) is 0 Å². The average Bonchev–Trinajstić information content (AvgIpc) is 2.68. The minimum atomic E-state index is -0.238. The number of hydrazone groups is 1. The third kappa shape index (κ3) is 5.69. The number of hydrogen-bond acceptors (Lipinski definition) is 3. The Labute approximate surface area is 163 Å². The standard InChI is InChI=1S/C22H19ClN2O2/c1-16-3-2-4-19(13-16)22(26)25-24-14-17-7-11-21(12-8-17)27-15-18-5-9-20(23)10-6-18/h2-14H,15H2,1H3,(H,25,26). The van der Waals surface area contributed by atoms with Crippen LogP contribution in [0.3, 0.4) is 0 Å². The lowest BCUT2D eigenvalue weighted by Crippen LogP contribution is -2.17. The molecule has 0 spiro atoms. The second kappa shape index (κ2) is 9.01.